The first kappa shape index (κ1) is 13.6. The van der Waals surface area contributed by atoms with Crippen molar-refractivity contribution in [3.8, 4) is 11.5 Å². The van der Waals surface area contributed by atoms with E-state index in [2.05, 4.69) is 4.18 Å². The average Bonchev–Trinajstić information content (AvgIpc) is 2.19. The Morgan fingerprint density at radius 1 is 1.24 bits per heavy atom. The Labute approximate surface area is 96.1 Å². The van der Waals surface area contributed by atoms with Gasteiger partial charge in [0, 0.05) is 0 Å². The smallest absolute Gasteiger partial charge is 0.493 e. The molecular weight excluding hydrogens is 261 g/mol. The van der Waals surface area contributed by atoms with Gasteiger partial charge in [0.25, 0.3) is 0 Å². The van der Waals surface area contributed by atoms with Crippen molar-refractivity contribution in [3.63, 3.8) is 0 Å². The highest BCUT2D eigenvalue weighted by Gasteiger charge is 2.49. The number of hydrogen-bond acceptors (Lipinski definition) is 4. The molecule has 0 aromatic heterocycles. The minimum absolute atomic E-state index is 0.0853. The van der Waals surface area contributed by atoms with Crippen LogP contribution in [0.15, 0.2) is 18.2 Å². The van der Waals surface area contributed by atoms with Crippen molar-refractivity contribution < 1.29 is 30.5 Å². The van der Waals surface area contributed by atoms with E-state index in [9.17, 15) is 21.6 Å². The molecule has 17 heavy (non-hydrogen) atoms. The lowest BCUT2D eigenvalue weighted by Gasteiger charge is -2.13. The predicted molar refractivity (Wildman–Crippen MR) is 53.3 cm³/mol. The number of aryl methyl sites for hydroxylation is 1. The number of rotatable bonds is 3. The van der Waals surface area contributed by atoms with Gasteiger partial charge in [-0.1, -0.05) is 12.1 Å². The van der Waals surface area contributed by atoms with Crippen LogP contribution in [0.25, 0.3) is 0 Å². The van der Waals surface area contributed by atoms with E-state index >= 15 is 0 Å². The van der Waals surface area contributed by atoms with Gasteiger partial charge in [-0.15, -0.1) is 0 Å². The highest BCUT2D eigenvalue weighted by molar-refractivity contribution is 7.88. The fourth-order valence-corrected chi connectivity index (χ4v) is 1.58. The maximum atomic E-state index is 12.1. The van der Waals surface area contributed by atoms with Gasteiger partial charge in [-0.25, -0.2) is 0 Å². The summed E-state index contributed by atoms with van der Waals surface area (Å²) in [5, 5.41) is 0. The maximum absolute atomic E-state index is 12.1. The van der Waals surface area contributed by atoms with E-state index in [0.717, 1.165) is 0 Å². The number of para-hydroxylation sites is 1. The number of ether oxygens (including phenoxy) is 1. The minimum Gasteiger partial charge on any atom is -0.493 e. The molecule has 0 saturated heterocycles. The highest BCUT2D eigenvalue weighted by Crippen LogP contribution is 2.35. The standard InChI is InChI=1S/C9H9F3O4S/c1-6-4-3-5-7(15-2)8(6)16-17(13,14)9(10,11)12/h3-5H,1-2H3. The SMILES string of the molecule is COc1cccc(C)c1OS(=O)(=O)C(F)(F)F. The summed E-state index contributed by atoms with van der Waals surface area (Å²) in [4.78, 5) is 0. The van der Waals surface area contributed by atoms with Crippen LogP contribution in [0.4, 0.5) is 13.2 Å². The Hall–Kier alpha value is -1.44. The third kappa shape index (κ3) is 2.82. The van der Waals surface area contributed by atoms with Crippen LogP contribution in [0.1, 0.15) is 5.56 Å². The Morgan fingerprint density at radius 2 is 1.82 bits per heavy atom. The van der Waals surface area contributed by atoms with E-state index in [4.69, 9.17) is 4.74 Å². The first-order chi connectivity index (χ1) is 7.69. The topological polar surface area (TPSA) is 52.6 Å². The van der Waals surface area contributed by atoms with E-state index in [0.29, 0.717) is 0 Å². The van der Waals surface area contributed by atoms with E-state index in [1.807, 2.05) is 0 Å². The molecule has 0 unspecified atom stereocenters. The largest absolute Gasteiger partial charge is 0.534 e. The van der Waals surface area contributed by atoms with Crippen LogP contribution in [0.3, 0.4) is 0 Å². The molecule has 0 aliphatic heterocycles. The number of alkyl halides is 3. The Bertz CT molecular complexity index is 507. The molecule has 1 aromatic rings. The van der Waals surface area contributed by atoms with Crippen LogP contribution in [-0.2, 0) is 10.1 Å². The van der Waals surface area contributed by atoms with E-state index < -0.39 is 21.4 Å². The summed E-state index contributed by atoms with van der Waals surface area (Å²) in [5.74, 6) is -0.551. The first-order valence-corrected chi connectivity index (χ1v) is 5.74. The molecule has 0 N–H and O–H groups in total. The Morgan fingerprint density at radius 3 is 2.29 bits per heavy atom. The van der Waals surface area contributed by atoms with Crippen molar-refractivity contribution >= 4 is 10.1 Å². The molecule has 96 valence electrons. The summed E-state index contributed by atoms with van der Waals surface area (Å²) >= 11 is 0. The molecule has 0 fully saturated rings. The van der Waals surface area contributed by atoms with Crippen LogP contribution >= 0.6 is 0 Å². The van der Waals surface area contributed by atoms with E-state index in [1.165, 1.54) is 32.2 Å². The fourth-order valence-electron chi connectivity index (χ4n) is 1.05. The zero-order chi connectivity index (χ0) is 13.3. The summed E-state index contributed by atoms with van der Waals surface area (Å²) in [6, 6.07) is 4.21. The molecule has 0 aliphatic carbocycles. The van der Waals surface area contributed by atoms with Gasteiger partial charge in [-0.3, -0.25) is 0 Å². The molecule has 0 heterocycles. The molecule has 1 aromatic carbocycles. The van der Waals surface area contributed by atoms with Gasteiger partial charge in [-0.05, 0) is 18.6 Å². The van der Waals surface area contributed by atoms with Crippen molar-refractivity contribution in [2.24, 2.45) is 0 Å². The number of benzene rings is 1. The molecular formula is C9H9F3O4S. The number of hydrogen-bond donors (Lipinski definition) is 0. The summed E-state index contributed by atoms with van der Waals surface area (Å²) < 4.78 is 66.8. The van der Waals surface area contributed by atoms with Crippen molar-refractivity contribution in [1.29, 1.82) is 0 Å². The van der Waals surface area contributed by atoms with Crippen molar-refractivity contribution in [1.82, 2.24) is 0 Å². The summed E-state index contributed by atoms with van der Waals surface area (Å²) in [6.45, 7) is 1.41. The van der Waals surface area contributed by atoms with Crippen molar-refractivity contribution in [2.45, 2.75) is 12.4 Å². The molecule has 0 saturated carbocycles. The Kier molecular flexibility index (Phi) is 3.56. The normalized spacial score (nSPS) is 12.3. The molecule has 0 spiro atoms. The molecule has 0 amide bonds. The molecule has 0 aliphatic rings. The lowest BCUT2D eigenvalue weighted by atomic mass is 10.2. The maximum Gasteiger partial charge on any atom is 0.534 e. The average molecular weight is 270 g/mol. The van der Waals surface area contributed by atoms with Crippen LogP contribution in [0, 0.1) is 6.92 Å². The van der Waals surface area contributed by atoms with Crippen molar-refractivity contribution in [2.75, 3.05) is 7.11 Å². The van der Waals surface area contributed by atoms with Gasteiger partial charge in [0.05, 0.1) is 7.11 Å². The third-order valence-corrected chi connectivity index (χ3v) is 2.83. The number of methoxy groups -OCH3 is 1. The van der Waals surface area contributed by atoms with Crippen LogP contribution < -0.4 is 8.92 Å². The summed E-state index contributed by atoms with van der Waals surface area (Å²) in [6.07, 6.45) is 0. The Balaban J connectivity index is 3.21. The van der Waals surface area contributed by atoms with E-state index in [1.54, 1.807) is 0 Å². The second-order valence-electron chi connectivity index (χ2n) is 3.09. The first-order valence-electron chi connectivity index (χ1n) is 4.33. The lowest BCUT2D eigenvalue weighted by molar-refractivity contribution is -0.0500. The minimum atomic E-state index is -5.69. The zero-order valence-corrected chi connectivity index (χ0v) is 9.72. The van der Waals surface area contributed by atoms with E-state index in [-0.39, 0.29) is 11.3 Å². The second kappa shape index (κ2) is 4.44. The quantitative estimate of drug-likeness (QED) is 0.624. The summed E-state index contributed by atoms with van der Waals surface area (Å²) in [5.41, 5.74) is -5.25. The molecule has 0 atom stereocenters. The second-order valence-corrected chi connectivity index (χ2v) is 4.63. The molecule has 8 heteroatoms. The van der Waals surface area contributed by atoms with Gasteiger partial charge >= 0.3 is 15.6 Å². The lowest BCUT2D eigenvalue weighted by Crippen LogP contribution is -2.28. The molecule has 1 rings (SSSR count). The molecule has 4 nitrogen and oxygen atoms in total. The predicted octanol–water partition coefficient (Wildman–Crippen LogP) is 2.23. The summed E-state index contributed by atoms with van der Waals surface area (Å²) in [7, 11) is -4.49. The van der Waals surface area contributed by atoms with Gasteiger partial charge in [0.2, 0.25) is 0 Å². The van der Waals surface area contributed by atoms with Gasteiger partial charge in [0.1, 0.15) is 0 Å². The van der Waals surface area contributed by atoms with Gasteiger partial charge < -0.3 is 8.92 Å². The molecule has 0 bridgehead atoms. The third-order valence-electron chi connectivity index (χ3n) is 1.87. The van der Waals surface area contributed by atoms with Crippen molar-refractivity contribution in [3.05, 3.63) is 23.8 Å². The fraction of sp³-hybridized carbons (Fsp3) is 0.333. The van der Waals surface area contributed by atoms with Crippen LogP contribution in [0.5, 0.6) is 11.5 Å². The molecule has 0 radical (unpaired) electrons. The van der Waals surface area contributed by atoms with Gasteiger partial charge in [0.15, 0.2) is 11.5 Å². The highest BCUT2D eigenvalue weighted by atomic mass is 32.2. The van der Waals surface area contributed by atoms with Crippen LogP contribution in [0.2, 0.25) is 0 Å². The van der Waals surface area contributed by atoms with Crippen LogP contribution in [-0.4, -0.2) is 21.0 Å². The van der Waals surface area contributed by atoms with Gasteiger partial charge in [-0.2, -0.15) is 21.6 Å². The monoisotopic (exact) mass is 270 g/mol. The zero-order valence-electron chi connectivity index (χ0n) is 8.91. The number of halogens is 3.